The smallest absolute Gasteiger partial charge is 0.285 e. The number of rotatable bonds is 5. The molecule has 0 radical (unpaired) electrons. The van der Waals surface area contributed by atoms with Crippen molar-refractivity contribution in [3.05, 3.63) is 48.0 Å². The maximum atomic E-state index is 13.2. The SMILES string of the molecule is NC(=O)c1oc(-c2cn[nH]c2)cc1-c1cc(C(=O)N2CCOCC2)ccc1N1CCCCC1. The number of morpholine rings is 1. The van der Waals surface area contributed by atoms with Crippen molar-refractivity contribution >= 4 is 17.5 Å². The highest BCUT2D eigenvalue weighted by Crippen LogP contribution is 2.39. The first-order valence-corrected chi connectivity index (χ1v) is 11.3. The fraction of sp³-hybridized carbons (Fsp3) is 0.375. The molecule has 0 spiro atoms. The molecule has 9 heteroatoms. The van der Waals surface area contributed by atoms with E-state index in [1.165, 1.54) is 6.42 Å². The van der Waals surface area contributed by atoms with E-state index in [0.29, 0.717) is 48.8 Å². The van der Waals surface area contributed by atoms with E-state index in [4.69, 9.17) is 14.9 Å². The van der Waals surface area contributed by atoms with E-state index in [1.54, 1.807) is 23.4 Å². The van der Waals surface area contributed by atoms with E-state index in [-0.39, 0.29) is 11.7 Å². The van der Waals surface area contributed by atoms with Crippen LogP contribution in [0.15, 0.2) is 41.1 Å². The van der Waals surface area contributed by atoms with Crippen LogP contribution in [0.4, 0.5) is 5.69 Å². The Balaban J connectivity index is 1.62. The first-order valence-electron chi connectivity index (χ1n) is 11.3. The van der Waals surface area contributed by atoms with Crippen LogP contribution >= 0.6 is 0 Å². The van der Waals surface area contributed by atoms with Crippen LogP contribution in [0.3, 0.4) is 0 Å². The zero-order valence-electron chi connectivity index (χ0n) is 18.4. The molecule has 2 aliphatic rings. The van der Waals surface area contributed by atoms with Crippen LogP contribution in [-0.4, -0.2) is 66.3 Å². The second-order valence-electron chi connectivity index (χ2n) is 8.39. The van der Waals surface area contributed by atoms with E-state index in [0.717, 1.165) is 37.2 Å². The quantitative estimate of drug-likeness (QED) is 0.618. The molecule has 2 aromatic heterocycles. The van der Waals surface area contributed by atoms with Gasteiger partial charge in [-0.25, -0.2) is 0 Å². The Bertz CT molecular complexity index is 1140. The molecule has 0 atom stereocenters. The number of aromatic nitrogens is 2. The van der Waals surface area contributed by atoms with Gasteiger partial charge in [-0.1, -0.05) is 0 Å². The average molecular weight is 450 g/mol. The summed E-state index contributed by atoms with van der Waals surface area (Å²) >= 11 is 0. The molecule has 3 aromatic rings. The van der Waals surface area contributed by atoms with Crippen LogP contribution in [0.5, 0.6) is 0 Å². The van der Waals surface area contributed by atoms with E-state index in [1.807, 2.05) is 18.2 Å². The predicted molar refractivity (Wildman–Crippen MR) is 123 cm³/mol. The predicted octanol–water partition coefficient (Wildman–Crippen LogP) is 2.90. The number of benzene rings is 1. The Hall–Kier alpha value is -3.59. The van der Waals surface area contributed by atoms with Crippen molar-refractivity contribution < 1.29 is 18.7 Å². The summed E-state index contributed by atoms with van der Waals surface area (Å²) in [7, 11) is 0. The maximum Gasteiger partial charge on any atom is 0.285 e. The summed E-state index contributed by atoms with van der Waals surface area (Å²) < 4.78 is 11.3. The molecule has 1 aromatic carbocycles. The third-order valence-electron chi connectivity index (χ3n) is 6.27. The number of nitrogens with two attached hydrogens (primary N) is 1. The van der Waals surface area contributed by atoms with Crippen LogP contribution < -0.4 is 10.6 Å². The van der Waals surface area contributed by atoms with Crippen molar-refractivity contribution in [2.24, 2.45) is 5.73 Å². The zero-order valence-corrected chi connectivity index (χ0v) is 18.4. The molecular weight excluding hydrogens is 422 g/mol. The number of hydrogen-bond donors (Lipinski definition) is 2. The minimum Gasteiger partial charge on any atom is -0.450 e. The summed E-state index contributed by atoms with van der Waals surface area (Å²) in [4.78, 5) is 29.6. The van der Waals surface area contributed by atoms with Crippen molar-refractivity contribution in [1.29, 1.82) is 0 Å². The molecule has 3 N–H and O–H groups in total. The molecule has 2 saturated heterocycles. The highest BCUT2D eigenvalue weighted by molar-refractivity contribution is 6.02. The topological polar surface area (TPSA) is 118 Å². The number of furan rings is 1. The lowest BCUT2D eigenvalue weighted by atomic mass is 9.97. The van der Waals surface area contributed by atoms with Gasteiger partial charge >= 0.3 is 0 Å². The minimum atomic E-state index is -0.658. The summed E-state index contributed by atoms with van der Waals surface area (Å²) in [5.74, 6) is -0.152. The number of hydrogen-bond acceptors (Lipinski definition) is 6. The molecule has 172 valence electrons. The Labute approximate surface area is 191 Å². The number of nitrogens with one attached hydrogen (secondary N) is 1. The Morgan fingerprint density at radius 1 is 1.00 bits per heavy atom. The molecule has 0 unspecified atom stereocenters. The number of aromatic amines is 1. The lowest BCUT2D eigenvalue weighted by Crippen LogP contribution is -2.40. The van der Waals surface area contributed by atoms with Crippen molar-refractivity contribution in [3.63, 3.8) is 0 Å². The highest BCUT2D eigenvalue weighted by atomic mass is 16.5. The number of anilines is 1. The summed E-state index contributed by atoms with van der Waals surface area (Å²) in [5.41, 5.74) is 9.29. The fourth-order valence-electron chi connectivity index (χ4n) is 4.55. The first-order chi connectivity index (χ1) is 16.1. The minimum absolute atomic E-state index is 0.0519. The fourth-order valence-corrected chi connectivity index (χ4v) is 4.55. The van der Waals surface area contributed by atoms with Gasteiger partial charge in [-0.15, -0.1) is 0 Å². The number of H-pyrrole nitrogens is 1. The van der Waals surface area contributed by atoms with Gasteiger partial charge in [0.2, 0.25) is 0 Å². The molecule has 2 fully saturated rings. The number of amides is 2. The molecule has 9 nitrogen and oxygen atoms in total. The van der Waals surface area contributed by atoms with E-state index < -0.39 is 5.91 Å². The Morgan fingerprint density at radius 2 is 1.79 bits per heavy atom. The van der Waals surface area contributed by atoms with Crippen molar-refractivity contribution in [1.82, 2.24) is 15.1 Å². The maximum absolute atomic E-state index is 13.2. The average Bonchev–Trinajstić information content (AvgIpc) is 3.55. The second kappa shape index (κ2) is 9.11. The van der Waals surface area contributed by atoms with Crippen molar-refractivity contribution in [2.75, 3.05) is 44.3 Å². The van der Waals surface area contributed by atoms with Gasteiger partial charge in [0.15, 0.2) is 5.76 Å². The van der Waals surface area contributed by atoms with Crippen molar-refractivity contribution in [3.8, 4) is 22.5 Å². The van der Waals surface area contributed by atoms with Crippen LogP contribution in [0.25, 0.3) is 22.5 Å². The van der Waals surface area contributed by atoms with Crippen LogP contribution in [0.1, 0.15) is 40.2 Å². The van der Waals surface area contributed by atoms with Gasteiger partial charge in [0.1, 0.15) is 5.76 Å². The van der Waals surface area contributed by atoms with E-state index >= 15 is 0 Å². The first kappa shape index (κ1) is 21.3. The number of piperidine rings is 1. The Kier molecular flexibility index (Phi) is 5.87. The van der Waals surface area contributed by atoms with Crippen LogP contribution in [-0.2, 0) is 4.74 Å². The van der Waals surface area contributed by atoms with Gasteiger partial charge < -0.3 is 24.7 Å². The number of nitrogens with zero attached hydrogens (tertiary/aromatic N) is 3. The lowest BCUT2D eigenvalue weighted by Gasteiger charge is -2.31. The summed E-state index contributed by atoms with van der Waals surface area (Å²) in [6, 6.07) is 7.50. The molecule has 0 aliphatic carbocycles. The van der Waals surface area contributed by atoms with Gasteiger partial charge in [0.25, 0.3) is 11.8 Å². The normalized spacial score (nSPS) is 16.7. The third kappa shape index (κ3) is 4.23. The standard InChI is InChI=1S/C24H27N5O4/c25-23(30)22-19(13-21(33-22)17-14-26-27-15-17)18-12-16(24(31)29-8-10-32-11-9-29)4-5-20(18)28-6-2-1-3-7-28/h4-5,12-15H,1-3,6-11H2,(H2,25,30)(H,26,27). The highest BCUT2D eigenvalue weighted by Gasteiger charge is 2.26. The molecule has 0 bridgehead atoms. The molecule has 4 heterocycles. The Morgan fingerprint density at radius 3 is 2.48 bits per heavy atom. The van der Waals surface area contributed by atoms with E-state index in [2.05, 4.69) is 15.1 Å². The number of carbonyl (C=O) groups is 2. The van der Waals surface area contributed by atoms with Gasteiger partial charge in [-0.05, 0) is 43.5 Å². The largest absolute Gasteiger partial charge is 0.450 e. The van der Waals surface area contributed by atoms with Gasteiger partial charge in [-0.3, -0.25) is 14.7 Å². The summed E-state index contributed by atoms with van der Waals surface area (Å²) in [5, 5.41) is 6.72. The van der Waals surface area contributed by atoms with Crippen LogP contribution in [0.2, 0.25) is 0 Å². The lowest BCUT2D eigenvalue weighted by molar-refractivity contribution is 0.0303. The summed E-state index contributed by atoms with van der Waals surface area (Å²) in [6.45, 7) is 4.03. The third-order valence-corrected chi connectivity index (χ3v) is 6.27. The number of carbonyl (C=O) groups excluding carboxylic acids is 2. The zero-order chi connectivity index (χ0) is 22.8. The number of ether oxygens (including phenoxy) is 1. The van der Waals surface area contributed by atoms with Crippen molar-refractivity contribution in [2.45, 2.75) is 19.3 Å². The molecule has 33 heavy (non-hydrogen) atoms. The number of primary amides is 1. The molecule has 2 aliphatic heterocycles. The molecule has 2 amide bonds. The second-order valence-corrected chi connectivity index (χ2v) is 8.39. The molecule has 5 rings (SSSR count). The van der Waals surface area contributed by atoms with Gasteiger partial charge in [0, 0.05) is 54.8 Å². The summed E-state index contributed by atoms with van der Waals surface area (Å²) in [6.07, 6.45) is 6.71. The van der Waals surface area contributed by atoms with E-state index in [9.17, 15) is 9.59 Å². The molecular formula is C24H27N5O4. The monoisotopic (exact) mass is 449 g/mol. The van der Waals surface area contributed by atoms with Gasteiger partial charge in [0.05, 0.1) is 25.0 Å². The molecule has 0 saturated carbocycles. The van der Waals surface area contributed by atoms with Crippen LogP contribution in [0, 0.1) is 0 Å². The van der Waals surface area contributed by atoms with Gasteiger partial charge in [-0.2, -0.15) is 5.10 Å².